The molecule has 0 atom stereocenters. The molecule has 0 amide bonds. The third-order valence-electron chi connectivity index (χ3n) is 4.21. The fourth-order valence-electron chi connectivity index (χ4n) is 2.84. The maximum Gasteiger partial charge on any atom is 0.344 e. The van der Waals surface area contributed by atoms with Gasteiger partial charge in [-0.1, -0.05) is 30.3 Å². The zero-order valence-electron chi connectivity index (χ0n) is 16.4. The van der Waals surface area contributed by atoms with E-state index in [-0.39, 0.29) is 18.0 Å². The number of rotatable bonds is 6. The number of hydrazone groups is 1. The van der Waals surface area contributed by atoms with Gasteiger partial charge in [-0.05, 0) is 37.4 Å². The van der Waals surface area contributed by atoms with Gasteiger partial charge in [-0.3, -0.25) is 15.7 Å². The van der Waals surface area contributed by atoms with Crippen LogP contribution in [0.1, 0.15) is 12.5 Å². The van der Waals surface area contributed by atoms with Crippen LogP contribution >= 0.6 is 11.8 Å². The van der Waals surface area contributed by atoms with Crippen molar-refractivity contribution in [1.82, 2.24) is 5.43 Å². The van der Waals surface area contributed by atoms with Crippen molar-refractivity contribution in [1.29, 1.82) is 5.41 Å². The van der Waals surface area contributed by atoms with Crippen LogP contribution in [-0.2, 0) is 9.53 Å². The molecule has 0 bridgehead atoms. The molecule has 7 nitrogen and oxygen atoms in total. The van der Waals surface area contributed by atoms with Gasteiger partial charge in [-0.15, -0.1) is 11.8 Å². The van der Waals surface area contributed by atoms with E-state index < -0.39 is 5.97 Å². The van der Waals surface area contributed by atoms with Crippen LogP contribution in [0.3, 0.4) is 0 Å². The maximum atomic E-state index is 12.7. The van der Waals surface area contributed by atoms with Crippen molar-refractivity contribution >= 4 is 35.1 Å². The Hall–Kier alpha value is -3.26. The van der Waals surface area contributed by atoms with Crippen LogP contribution in [0.4, 0.5) is 5.69 Å². The summed E-state index contributed by atoms with van der Waals surface area (Å²) in [4.78, 5) is 14.3. The van der Waals surface area contributed by atoms with Crippen molar-refractivity contribution in [3.8, 4) is 5.75 Å². The van der Waals surface area contributed by atoms with Crippen molar-refractivity contribution in [2.24, 2.45) is 5.10 Å². The number of esters is 1. The second kappa shape index (κ2) is 9.29. The van der Waals surface area contributed by atoms with Gasteiger partial charge < -0.3 is 9.47 Å². The number of nitrogens with one attached hydrogen (secondary N) is 2. The number of nitrogens with zero attached hydrogens (tertiary/aromatic N) is 2. The number of anilines is 1. The van der Waals surface area contributed by atoms with Crippen LogP contribution < -0.4 is 15.1 Å². The zero-order chi connectivity index (χ0) is 20.8. The lowest BCUT2D eigenvalue weighted by Gasteiger charge is -2.26. The highest BCUT2D eigenvalue weighted by Gasteiger charge is 2.32. The molecule has 1 heterocycles. The first-order valence-corrected chi connectivity index (χ1v) is 10.2. The zero-order valence-corrected chi connectivity index (χ0v) is 17.2. The highest BCUT2D eigenvalue weighted by atomic mass is 32.2. The summed E-state index contributed by atoms with van der Waals surface area (Å²) in [5.41, 5.74) is 4.54. The molecule has 2 aromatic carbocycles. The van der Waals surface area contributed by atoms with E-state index in [1.54, 1.807) is 31.1 Å². The minimum absolute atomic E-state index is 0.0226. The number of ether oxygens (including phenoxy) is 2. The fourth-order valence-corrected chi connectivity index (χ4v) is 3.36. The summed E-state index contributed by atoms with van der Waals surface area (Å²) < 4.78 is 10.5. The van der Waals surface area contributed by atoms with Crippen molar-refractivity contribution in [2.75, 3.05) is 24.9 Å². The summed E-state index contributed by atoms with van der Waals surface area (Å²) in [6.07, 6.45) is 1.82. The summed E-state index contributed by atoms with van der Waals surface area (Å²) in [6, 6.07) is 16.7. The third-order valence-corrected chi connectivity index (χ3v) is 4.91. The number of benzene rings is 2. The van der Waals surface area contributed by atoms with Crippen LogP contribution in [0.5, 0.6) is 5.75 Å². The van der Waals surface area contributed by atoms with E-state index in [4.69, 9.17) is 14.9 Å². The van der Waals surface area contributed by atoms with Gasteiger partial charge >= 0.3 is 5.97 Å². The van der Waals surface area contributed by atoms with Crippen molar-refractivity contribution < 1.29 is 14.3 Å². The van der Waals surface area contributed by atoms with E-state index in [9.17, 15) is 4.79 Å². The number of amidine groups is 2. The fraction of sp³-hybridized carbons (Fsp3) is 0.190. The van der Waals surface area contributed by atoms with Gasteiger partial charge in [0, 0.05) is 11.3 Å². The van der Waals surface area contributed by atoms with Crippen molar-refractivity contribution in [2.45, 2.75) is 6.92 Å². The molecule has 0 aromatic heterocycles. The normalized spacial score (nSPS) is 14.1. The van der Waals surface area contributed by atoms with E-state index in [0.29, 0.717) is 22.3 Å². The van der Waals surface area contributed by atoms with E-state index in [2.05, 4.69) is 10.5 Å². The smallest absolute Gasteiger partial charge is 0.344 e. The van der Waals surface area contributed by atoms with Crippen LogP contribution in [-0.4, -0.2) is 37.6 Å². The predicted molar refractivity (Wildman–Crippen MR) is 116 cm³/mol. The molecule has 0 saturated heterocycles. The number of methoxy groups -OCH3 is 1. The molecule has 1 aliphatic rings. The minimum atomic E-state index is -0.572. The Morgan fingerprint density at radius 3 is 2.45 bits per heavy atom. The Morgan fingerprint density at radius 1 is 1.17 bits per heavy atom. The average Bonchev–Trinajstić information content (AvgIpc) is 2.90. The summed E-state index contributed by atoms with van der Waals surface area (Å²) >= 11 is 1.30. The molecule has 2 aromatic rings. The second-order valence-corrected chi connectivity index (χ2v) is 6.74. The Labute approximate surface area is 173 Å². The molecule has 2 N–H and O–H groups in total. The molecule has 0 spiro atoms. The molecule has 8 heteroatoms. The molecule has 0 aliphatic carbocycles. The van der Waals surface area contributed by atoms with Crippen molar-refractivity contribution in [3.05, 3.63) is 70.8 Å². The molecular weight excluding hydrogens is 388 g/mol. The van der Waals surface area contributed by atoms with Gasteiger partial charge in [-0.2, -0.15) is 5.10 Å². The van der Waals surface area contributed by atoms with Crippen LogP contribution in [0.2, 0.25) is 0 Å². The lowest BCUT2D eigenvalue weighted by Crippen LogP contribution is -2.39. The molecular formula is C21H22N4O3S. The number of carbonyl (C=O) groups is 1. The highest BCUT2D eigenvalue weighted by Crippen LogP contribution is 2.28. The number of carbonyl (C=O) groups excluding carboxylic acids is 1. The standard InChI is InChI=1S/C21H22N4O3S/c1-4-28-21(26)17-18(22)25(15-10-12-16(27-2)13-11-15)19(23-24-20(17)29-3)14-8-6-5-7-9-14/h5-13,22,24H,4H2,1-3H3. The van der Waals surface area contributed by atoms with E-state index in [0.717, 1.165) is 5.56 Å². The number of thioether (sulfide) groups is 1. The molecule has 0 radical (unpaired) electrons. The second-order valence-electron chi connectivity index (χ2n) is 5.92. The van der Waals surface area contributed by atoms with Gasteiger partial charge in [0.15, 0.2) is 5.84 Å². The predicted octanol–water partition coefficient (Wildman–Crippen LogP) is 3.58. The lowest BCUT2D eigenvalue weighted by atomic mass is 10.1. The van der Waals surface area contributed by atoms with Gasteiger partial charge in [0.2, 0.25) is 0 Å². The first-order chi connectivity index (χ1) is 14.1. The Bertz CT molecular complexity index is 956. The first kappa shape index (κ1) is 20.5. The monoisotopic (exact) mass is 410 g/mol. The molecule has 150 valence electrons. The van der Waals surface area contributed by atoms with Gasteiger partial charge in [0.25, 0.3) is 0 Å². The van der Waals surface area contributed by atoms with Crippen LogP contribution in [0.25, 0.3) is 0 Å². The van der Waals surface area contributed by atoms with Gasteiger partial charge in [-0.25, -0.2) is 4.79 Å². The van der Waals surface area contributed by atoms with Crippen LogP contribution in [0, 0.1) is 5.41 Å². The van der Waals surface area contributed by atoms with Crippen LogP contribution in [0.15, 0.2) is 70.3 Å². The Morgan fingerprint density at radius 2 is 1.86 bits per heavy atom. The Kier molecular flexibility index (Phi) is 6.56. The Balaban J connectivity index is 2.16. The molecule has 0 unspecified atom stereocenters. The van der Waals surface area contributed by atoms with E-state index in [1.165, 1.54) is 11.8 Å². The SMILES string of the molecule is CCOC(=O)C1=C(SC)NN=C(c2ccccc2)N(c2ccc(OC)cc2)C1=N. The molecule has 0 saturated carbocycles. The topological polar surface area (TPSA) is 87.0 Å². The molecule has 1 aliphatic heterocycles. The summed E-state index contributed by atoms with van der Waals surface area (Å²) in [5.74, 6) is 0.590. The summed E-state index contributed by atoms with van der Waals surface area (Å²) in [7, 11) is 1.59. The summed E-state index contributed by atoms with van der Waals surface area (Å²) in [6.45, 7) is 1.95. The van der Waals surface area contributed by atoms with Gasteiger partial charge in [0.1, 0.15) is 22.2 Å². The number of hydrogen-bond donors (Lipinski definition) is 2. The first-order valence-electron chi connectivity index (χ1n) is 8.98. The van der Waals surface area contributed by atoms with E-state index in [1.807, 2.05) is 48.7 Å². The average molecular weight is 410 g/mol. The minimum Gasteiger partial charge on any atom is -0.497 e. The number of hydrogen-bond acceptors (Lipinski definition) is 7. The summed E-state index contributed by atoms with van der Waals surface area (Å²) in [5, 5.41) is 13.9. The third kappa shape index (κ3) is 4.27. The maximum absolute atomic E-state index is 12.7. The van der Waals surface area contributed by atoms with E-state index >= 15 is 0 Å². The molecule has 3 rings (SSSR count). The largest absolute Gasteiger partial charge is 0.497 e. The van der Waals surface area contributed by atoms with Crippen molar-refractivity contribution in [3.63, 3.8) is 0 Å². The highest BCUT2D eigenvalue weighted by molar-refractivity contribution is 8.02. The quantitative estimate of drug-likeness (QED) is 0.708. The molecule has 29 heavy (non-hydrogen) atoms. The van der Waals surface area contributed by atoms with Gasteiger partial charge in [0.05, 0.1) is 13.7 Å². The lowest BCUT2D eigenvalue weighted by molar-refractivity contribution is -0.137. The molecule has 0 fully saturated rings.